The van der Waals surface area contributed by atoms with E-state index in [1.165, 1.54) is 0 Å². The fraction of sp³-hybridized carbons (Fsp3) is 0.524. The quantitative estimate of drug-likeness (QED) is 0.690. The van der Waals surface area contributed by atoms with Crippen LogP contribution in [0.1, 0.15) is 38.9 Å². The summed E-state index contributed by atoms with van der Waals surface area (Å²) in [5.41, 5.74) is 0.918. The van der Waals surface area contributed by atoms with E-state index in [1.54, 1.807) is 20.1 Å². The SMILES string of the molecule is CC(C)CCn1nc2n(c1=O)CCC(NC(=O)Cn1ncc3ccccc31)CC2. The van der Waals surface area contributed by atoms with Gasteiger partial charge in [0.1, 0.15) is 12.4 Å². The fourth-order valence-corrected chi connectivity index (χ4v) is 3.86. The van der Waals surface area contributed by atoms with E-state index in [-0.39, 0.29) is 24.2 Å². The lowest BCUT2D eigenvalue weighted by Gasteiger charge is -2.16. The Balaban J connectivity index is 1.36. The number of rotatable bonds is 6. The molecule has 0 fully saturated rings. The van der Waals surface area contributed by atoms with Gasteiger partial charge in [-0.25, -0.2) is 9.48 Å². The van der Waals surface area contributed by atoms with Gasteiger partial charge in [-0.2, -0.15) is 10.2 Å². The number of para-hydroxylation sites is 1. The zero-order chi connectivity index (χ0) is 20.4. The summed E-state index contributed by atoms with van der Waals surface area (Å²) in [6.07, 6.45) is 4.93. The van der Waals surface area contributed by atoms with Crippen LogP contribution in [0.3, 0.4) is 0 Å². The van der Waals surface area contributed by atoms with Crippen LogP contribution in [0, 0.1) is 5.92 Å². The monoisotopic (exact) mass is 396 g/mol. The molecule has 1 unspecified atom stereocenters. The second kappa shape index (κ2) is 8.23. The number of nitrogens with one attached hydrogen (secondary N) is 1. The topological polar surface area (TPSA) is 86.7 Å². The van der Waals surface area contributed by atoms with Gasteiger partial charge in [-0.3, -0.25) is 14.0 Å². The van der Waals surface area contributed by atoms with Crippen molar-refractivity contribution in [2.45, 2.75) is 65.2 Å². The molecule has 4 rings (SSSR count). The summed E-state index contributed by atoms with van der Waals surface area (Å²) in [6, 6.07) is 7.89. The average molecular weight is 396 g/mol. The molecule has 0 aliphatic carbocycles. The Bertz CT molecular complexity index is 1060. The molecular weight excluding hydrogens is 368 g/mol. The first-order valence-electron chi connectivity index (χ1n) is 10.4. The van der Waals surface area contributed by atoms with Crippen molar-refractivity contribution in [2.75, 3.05) is 0 Å². The smallest absolute Gasteiger partial charge is 0.345 e. The number of amides is 1. The third-order valence-electron chi connectivity index (χ3n) is 5.54. The number of nitrogens with zero attached hydrogens (tertiary/aromatic N) is 5. The van der Waals surface area contributed by atoms with Crippen molar-refractivity contribution in [3.05, 3.63) is 46.8 Å². The second-order valence-electron chi connectivity index (χ2n) is 8.21. The molecule has 1 atom stereocenters. The summed E-state index contributed by atoms with van der Waals surface area (Å²) >= 11 is 0. The first-order valence-corrected chi connectivity index (χ1v) is 10.4. The lowest BCUT2D eigenvalue weighted by atomic mass is 10.1. The minimum atomic E-state index is -0.0577. The minimum Gasteiger partial charge on any atom is -0.352 e. The average Bonchev–Trinajstić information content (AvgIpc) is 3.16. The van der Waals surface area contributed by atoms with Crippen LogP contribution < -0.4 is 11.0 Å². The van der Waals surface area contributed by atoms with Crippen LogP contribution in [0.5, 0.6) is 0 Å². The molecule has 0 saturated heterocycles. The molecule has 29 heavy (non-hydrogen) atoms. The molecular formula is C21H28N6O2. The largest absolute Gasteiger partial charge is 0.352 e. The summed E-state index contributed by atoms with van der Waals surface area (Å²) in [6.45, 7) is 5.73. The molecule has 3 aromatic rings. The van der Waals surface area contributed by atoms with Gasteiger partial charge < -0.3 is 5.32 Å². The third-order valence-corrected chi connectivity index (χ3v) is 5.54. The van der Waals surface area contributed by atoms with Gasteiger partial charge in [0, 0.05) is 30.9 Å². The highest BCUT2D eigenvalue weighted by atomic mass is 16.2. The Morgan fingerprint density at radius 3 is 2.90 bits per heavy atom. The number of fused-ring (bicyclic) bond motifs is 2. The van der Waals surface area contributed by atoms with Crippen molar-refractivity contribution in [1.82, 2.24) is 29.4 Å². The van der Waals surface area contributed by atoms with Gasteiger partial charge >= 0.3 is 5.69 Å². The van der Waals surface area contributed by atoms with Crippen molar-refractivity contribution in [2.24, 2.45) is 5.92 Å². The van der Waals surface area contributed by atoms with Gasteiger partial charge in [0.25, 0.3) is 0 Å². The molecule has 154 valence electrons. The maximum Gasteiger partial charge on any atom is 0.345 e. The van der Waals surface area contributed by atoms with Crippen LogP contribution in [0.4, 0.5) is 0 Å². The summed E-state index contributed by atoms with van der Waals surface area (Å²) in [5.74, 6) is 1.31. The van der Waals surface area contributed by atoms with Gasteiger partial charge in [0.05, 0.1) is 11.7 Å². The highest BCUT2D eigenvalue weighted by Crippen LogP contribution is 2.14. The lowest BCUT2D eigenvalue weighted by Crippen LogP contribution is -2.38. The highest BCUT2D eigenvalue weighted by molar-refractivity contribution is 5.82. The summed E-state index contributed by atoms with van der Waals surface area (Å²) in [7, 11) is 0. The van der Waals surface area contributed by atoms with Crippen LogP contribution in [-0.2, 0) is 30.8 Å². The number of aromatic nitrogens is 5. The normalized spacial score (nSPS) is 16.7. The molecule has 1 aliphatic rings. The Hall–Kier alpha value is -2.90. The zero-order valence-corrected chi connectivity index (χ0v) is 17.0. The second-order valence-corrected chi connectivity index (χ2v) is 8.21. The van der Waals surface area contributed by atoms with E-state index in [0.29, 0.717) is 25.4 Å². The molecule has 3 heterocycles. The number of benzene rings is 1. The van der Waals surface area contributed by atoms with Gasteiger partial charge in [-0.05, 0) is 31.2 Å². The van der Waals surface area contributed by atoms with Crippen molar-refractivity contribution in [3.63, 3.8) is 0 Å². The number of aryl methyl sites for hydroxylation is 2. The molecule has 8 nitrogen and oxygen atoms in total. The Morgan fingerprint density at radius 1 is 1.24 bits per heavy atom. The van der Waals surface area contributed by atoms with Crippen molar-refractivity contribution in [1.29, 1.82) is 0 Å². The number of carbonyl (C=O) groups is 1. The van der Waals surface area contributed by atoms with Crippen molar-refractivity contribution in [3.8, 4) is 0 Å². The Kier molecular flexibility index (Phi) is 5.51. The number of carbonyl (C=O) groups excluding carboxylic acids is 1. The molecule has 0 saturated carbocycles. The molecule has 1 aliphatic heterocycles. The van der Waals surface area contributed by atoms with Crippen molar-refractivity contribution >= 4 is 16.8 Å². The van der Waals surface area contributed by atoms with Gasteiger partial charge in [-0.1, -0.05) is 32.0 Å². The van der Waals surface area contributed by atoms with Crippen LogP contribution in [0.15, 0.2) is 35.3 Å². The summed E-state index contributed by atoms with van der Waals surface area (Å²) in [5, 5.41) is 13.0. The highest BCUT2D eigenvalue weighted by Gasteiger charge is 2.22. The first kappa shape index (κ1) is 19.4. The van der Waals surface area contributed by atoms with E-state index >= 15 is 0 Å². The van der Waals surface area contributed by atoms with E-state index in [4.69, 9.17) is 0 Å². The predicted molar refractivity (Wildman–Crippen MR) is 111 cm³/mol. The molecule has 2 aromatic heterocycles. The molecule has 1 aromatic carbocycles. The maximum absolute atomic E-state index is 12.6. The van der Waals surface area contributed by atoms with E-state index in [1.807, 2.05) is 24.3 Å². The van der Waals surface area contributed by atoms with E-state index < -0.39 is 0 Å². The Morgan fingerprint density at radius 2 is 2.07 bits per heavy atom. The van der Waals surface area contributed by atoms with E-state index in [9.17, 15) is 9.59 Å². The maximum atomic E-state index is 12.6. The Labute approximate surface area is 169 Å². The zero-order valence-electron chi connectivity index (χ0n) is 17.0. The number of hydrogen-bond donors (Lipinski definition) is 1. The molecule has 1 amide bonds. The molecule has 0 bridgehead atoms. The lowest BCUT2D eigenvalue weighted by molar-refractivity contribution is -0.122. The van der Waals surface area contributed by atoms with E-state index in [2.05, 4.69) is 29.4 Å². The van der Waals surface area contributed by atoms with Crippen LogP contribution >= 0.6 is 0 Å². The fourth-order valence-electron chi connectivity index (χ4n) is 3.86. The first-order chi connectivity index (χ1) is 14.0. The summed E-state index contributed by atoms with van der Waals surface area (Å²) < 4.78 is 5.09. The summed E-state index contributed by atoms with van der Waals surface area (Å²) in [4.78, 5) is 25.2. The third kappa shape index (κ3) is 4.26. The van der Waals surface area contributed by atoms with Gasteiger partial charge in [0.15, 0.2) is 0 Å². The van der Waals surface area contributed by atoms with Crippen LogP contribution in [0.25, 0.3) is 10.9 Å². The number of hydrogen-bond acceptors (Lipinski definition) is 4. The van der Waals surface area contributed by atoms with Crippen LogP contribution in [0.2, 0.25) is 0 Å². The van der Waals surface area contributed by atoms with Crippen LogP contribution in [-0.4, -0.2) is 36.1 Å². The van der Waals surface area contributed by atoms with Gasteiger partial charge in [-0.15, -0.1) is 0 Å². The molecule has 0 radical (unpaired) electrons. The van der Waals surface area contributed by atoms with Crippen molar-refractivity contribution < 1.29 is 4.79 Å². The predicted octanol–water partition coefficient (Wildman–Crippen LogP) is 1.96. The molecule has 0 spiro atoms. The van der Waals surface area contributed by atoms with E-state index in [0.717, 1.165) is 36.0 Å². The molecule has 8 heteroatoms. The van der Waals surface area contributed by atoms with Gasteiger partial charge in [0.2, 0.25) is 5.91 Å². The minimum absolute atomic E-state index is 0.0318. The molecule has 1 N–H and O–H groups in total. The standard InChI is InChI=1S/C21H28N6O2/c1-15(2)9-12-26-21(29)25-11-10-17(7-8-19(25)24-26)23-20(28)14-27-18-6-4-3-5-16(18)13-22-27/h3-6,13,15,17H,7-12,14H2,1-2H3,(H,23,28).